The minimum atomic E-state index is -0.265. The molecule has 25 heavy (non-hydrogen) atoms. The van der Waals surface area contributed by atoms with Crippen molar-refractivity contribution in [3.8, 4) is 6.07 Å². The average Bonchev–Trinajstić information content (AvgIpc) is 2.58. The van der Waals surface area contributed by atoms with Crippen molar-refractivity contribution < 1.29 is 9.47 Å². The average molecular weight is 359 g/mol. The fourth-order valence-corrected chi connectivity index (χ4v) is 4.02. The van der Waals surface area contributed by atoms with Crippen molar-refractivity contribution in [3.63, 3.8) is 0 Å². The molecule has 1 aromatic rings. The van der Waals surface area contributed by atoms with Gasteiger partial charge in [-0.15, -0.1) is 11.8 Å². The number of fused-ring (bicyclic) bond motifs is 1. The van der Waals surface area contributed by atoms with E-state index in [0.29, 0.717) is 25.4 Å². The summed E-state index contributed by atoms with van der Waals surface area (Å²) < 4.78 is 11.5. The Kier molecular flexibility index (Phi) is 5.38. The van der Waals surface area contributed by atoms with Crippen LogP contribution in [0.3, 0.4) is 0 Å². The predicted octanol–water partition coefficient (Wildman–Crippen LogP) is 3.31. The van der Waals surface area contributed by atoms with E-state index < -0.39 is 0 Å². The van der Waals surface area contributed by atoms with Crippen LogP contribution < -0.4 is 4.90 Å². The van der Waals surface area contributed by atoms with Gasteiger partial charge in [0.15, 0.2) is 0 Å². The molecule has 2 aliphatic rings. The number of nitrogens with zero attached hydrogens (tertiary/aromatic N) is 3. The molecule has 1 aromatic heterocycles. The number of rotatable bonds is 4. The number of hydrogen-bond donors (Lipinski definition) is 0. The lowest BCUT2D eigenvalue weighted by molar-refractivity contribution is -0.0402. The van der Waals surface area contributed by atoms with Gasteiger partial charge in [-0.2, -0.15) is 5.26 Å². The Bertz CT molecular complexity index is 718. The summed E-state index contributed by atoms with van der Waals surface area (Å²) >= 11 is 1.60. The molecule has 0 atom stereocenters. The van der Waals surface area contributed by atoms with E-state index in [1.807, 2.05) is 6.92 Å². The molecule has 3 heterocycles. The molecule has 0 aliphatic carbocycles. The van der Waals surface area contributed by atoms with E-state index in [1.54, 1.807) is 11.8 Å². The van der Waals surface area contributed by atoms with E-state index in [2.05, 4.69) is 31.4 Å². The fraction of sp³-hybridized carbons (Fsp3) is 0.579. The molecule has 0 bridgehead atoms. The Morgan fingerprint density at radius 1 is 1.36 bits per heavy atom. The van der Waals surface area contributed by atoms with Gasteiger partial charge in [0.25, 0.3) is 0 Å². The Balaban J connectivity index is 2.09. The maximum absolute atomic E-state index is 9.81. The third-order valence-corrected chi connectivity index (χ3v) is 5.65. The highest BCUT2D eigenvalue weighted by Crippen LogP contribution is 2.38. The highest BCUT2D eigenvalue weighted by atomic mass is 32.2. The van der Waals surface area contributed by atoms with E-state index in [9.17, 15) is 5.26 Å². The molecule has 134 valence electrons. The number of pyridine rings is 1. The zero-order chi connectivity index (χ0) is 18.0. The van der Waals surface area contributed by atoms with Crippen LogP contribution in [0.4, 0.5) is 5.82 Å². The van der Waals surface area contributed by atoms with E-state index >= 15 is 0 Å². The zero-order valence-corrected chi connectivity index (χ0v) is 16.0. The van der Waals surface area contributed by atoms with Crippen molar-refractivity contribution in [3.05, 3.63) is 28.8 Å². The van der Waals surface area contributed by atoms with Crippen LogP contribution in [0.1, 0.15) is 37.5 Å². The summed E-state index contributed by atoms with van der Waals surface area (Å²) in [5.41, 5.74) is 3.68. The van der Waals surface area contributed by atoms with Crippen molar-refractivity contribution >= 4 is 17.6 Å². The lowest BCUT2D eigenvalue weighted by Gasteiger charge is -2.36. The summed E-state index contributed by atoms with van der Waals surface area (Å²) in [6, 6.07) is 2.40. The Morgan fingerprint density at radius 3 is 2.72 bits per heavy atom. The molecule has 0 aromatic carbocycles. The lowest BCUT2D eigenvalue weighted by atomic mass is 9.89. The van der Waals surface area contributed by atoms with Gasteiger partial charge in [0.2, 0.25) is 0 Å². The molecule has 0 N–H and O–H groups in total. The molecule has 0 saturated carbocycles. The van der Waals surface area contributed by atoms with Crippen LogP contribution in [0, 0.1) is 11.3 Å². The maximum atomic E-state index is 9.81. The van der Waals surface area contributed by atoms with Crippen molar-refractivity contribution in [2.24, 2.45) is 0 Å². The number of nitriles is 1. The summed E-state index contributed by atoms with van der Waals surface area (Å²) in [6.07, 6.45) is 0.728. The van der Waals surface area contributed by atoms with E-state index in [0.717, 1.165) is 52.8 Å². The number of aromatic nitrogens is 1. The molecule has 1 fully saturated rings. The lowest BCUT2D eigenvalue weighted by Crippen LogP contribution is -2.39. The van der Waals surface area contributed by atoms with E-state index in [1.165, 1.54) is 0 Å². The Labute approximate surface area is 154 Å². The SMILES string of the molecule is C=C(C)CSc1nc(N2CCOCC2)c2c(c1C#N)CC(C)(C)OC2. The van der Waals surface area contributed by atoms with Gasteiger partial charge in [-0.1, -0.05) is 12.2 Å². The molecule has 0 unspecified atom stereocenters. The van der Waals surface area contributed by atoms with Gasteiger partial charge >= 0.3 is 0 Å². The largest absolute Gasteiger partial charge is 0.378 e. The monoisotopic (exact) mass is 359 g/mol. The van der Waals surface area contributed by atoms with Crippen molar-refractivity contribution in [2.45, 2.75) is 44.4 Å². The van der Waals surface area contributed by atoms with Gasteiger partial charge in [0.05, 0.1) is 31.0 Å². The first-order valence-electron chi connectivity index (χ1n) is 8.61. The maximum Gasteiger partial charge on any atom is 0.135 e. The number of thioether (sulfide) groups is 1. The first-order valence-corrected chi connectivity index (χ1v) is 9.59. The number of ether oxygens (including phenoxy) is 2. The molecule has 3 rings (SSSR count). The Morgan fingerprint density at radius 2 is 2.08 bits per heavy atom. The molecule has 6 heteroatoms. The van der Waals surface area contributed by atoms with Gasteiger partial charge in [-0.05, 0) is 26.3 Å². The molecular formula is C19H25N3O2S. The fourth-order valence-electron chi connectivity index (χ4n) is 3.17. The van der Waals surface area contributed by atoms with Crippen molar-refractivity contribution in [2.75, 3.05) is 37.0 Å². The molecule has 2 aliphatic heterocycles. The first kappa shape index (κ1) is 18.2. The number of morpholine rings is 1. The third kappa shape index (κ3) is 4.00. The molecule has 1 saturated heterocycles. The number of anilines is 1. The highest BCUT2D eigenvalue weighted by Gasteiger charge is 2.33. The van der Waals surface area contributed by atoms with Crippen molar-refractivity contribution in [1.29, 1.82) is 5.26 Å². The molecule has 0 radical (unpaired) electrons. The minimum absolute atomic E-state index is 0.265. The van der Waals surface area contributed by atoms with Crippen LogP contribution in [0.15, 0.2) is 17.2 Å². The minimum Gasteiger partial charge on any atom is -0.378 e. The van der Waals surface area contributed by atoms with Gasteiger partial charge < -0.3 is 14.4 Å². The van der Waals surface area contributed by atoms with Gasteiger partial charge in [0, 0.05) is 30.8 Å². The summed E-state index contributed by atoms with van der Waals surface area (Å²) in [7, 11) is 0. The predicted molar refractivity (Wildman–Crippen MR) is 100 cm³/mol. The quantitative estimate of drug-likeness (QED) is 0.607. The standard InChI is InChI=1S/C19H25N3O2S/c1-13(2)12-25-18-15(10-20)14-9-19(3,4)24-11-16(14)17(21-18)22-5-7-23-8-6-22/h1,5-9,11-12H2,2-4H3. The second-order valence-electron chi connectivity index (χ2n) is 7.25. The normalized spacial score (nSPS) is 19.2. The molecule has 0 spiro atoms. The summed E-state index contributed by atoms with van der Waals surface area (Å²) in [4.78, 5) is 7.15. The summed E-state index contributed by atoms with van der Waals surface area (Å²) in [5, 5.41) is 10.6. The van der Waals surface area contributed by atoms with E-state index in [4.69, 9.17) is 14.5 Å². The smallest absolute Gasteiger partial charge is 0.135 e. The highest BCUT2D eigenvalue weighted by molar-refractivity contribution is 7.99. The van der Waals surface area contributed by atoms with Crippen LogP contribution in [0.2, 0.25) is 0 Å². The van der Waals surface area contributed by atoms with Crippen LogP contribution in [-0.2, 0) is 22.5 Å². The zero-order valence-electron chi connectivity index (χ0n) is 15.2. The second-order valence-corrected chi connectivity index (χ2v) is 8.22. The van der Waals surface area contributed by atoms with Crippen LogP contribution >= 0.6 is 11.8 Å². The Hall–Kier alpha value is -1.55. The van der Waals surface area contributed by atoms with Crippen molar-refractivity contribution in [1.82, 2.24) is 4.98 Å². The third-order valence-electron chi connectivity index (χ3n) is 4.44. The summed E-state index contributed by atoms with van der Waals surface area (Å²) in [5.74, 6) is 1.72. The molecule has 0 amide bonds. The second kappa shape index (κ2) is 7.36. The summed E-state index contributed by atoms with van der Waals surface area (Å²) in [6.45, 7) is 13.7. The van der Waals surface area contributed by atoms with Gasteiger partial charge in [-0.3, -0.25) is 0 Å². The van der Waals surface area contributed by atoms with E-state index in [-0.39, 0.29) is 5.60 Å². The topological polar surface area (TPSA) is 58.4 Å². The molecule has 5 nitrogen and oxygen atoms in total. The first-order chi connectivity index (χ1) is 11.9. The van der Waals surface area contributed by atoms with Crippen LogP contribution in [0.25, 0.3) is 0 Å². The molecular weight excluding hydrogens is 334 g/mol. The van der Waals surface area contributed by atoms with Gasteiger partial charge in [0.1, 0.15) is 16.9 Å². The van der Waals surface area contributed by atoms with Crippen LogP contribution in [-0.4, -0.2) is 42.6 Å². The number of hydrogen-bond acceptors (Lipinski definition) is 6. The van der Waals surface area contributed by atoms with Gasteiger partial charge in [-0.25, -0.2) is 4.98 Å². The van der Waals surface area contributed by atoms with Crippen LogP contribution in [0.5, 0.6) is 0 Å².